The van der Waals surface area contributed by atoms with Gasteiger partial charge in [-0.25, -0.2) is 0 Å². The van der Waals surface area contributed by atoms with Gasteiger partial charge < -0.3 is 21.3 Å². The number of anilines is 4. The molecule has 0 radical (unpaired) electrons. The smallest absolute Gasteiger partial charge is 0.0400 e. The van der Waals surface area contributed by atoms with Gasteiger partial charge in [-0.15, -0.1) is 0 Å². The van der Waals surface area contributed by atoms with Gasteiger partial charge in [-0.1, -0.05) is 0 Å². The number of rotatable bonds is 3. The molecule has 0 saturated carbocycles. The maximum absolute atomic E-state index is 6.09. The zero-order valence-corrected chi connectivity index (χ0v) is 19.2. The first-order chi connectivity index (χ1) is 14.4. The van der Waals surface area contributed by atoms with Gasteiger partial charge in [0.25, 0.3) is 0 Å². The maximum atomic E-state index is 6.09. The number of hydrogen-bond acceptors (Lipinski definition) is 4. The van der Waals surface area contributed by atoms with E-state index in [1.54, 1.807) is 0 Å². The fraction of sp³-hybridized carbons (Fsp3) is 0.538. The van der Waals surface area contributed by atoms with Crippen molar-refractivity contribution in [2.24, 2.45) is 11.8 Å². The highest BCUT2D eigenvalue weighted by Crippen LogP contribution is 2.37. The molecule has 2 aromatic carbocycles. The molecule has 0 atom stereocenters. The molecule has 2 aromatic rings. The van der Waals surface area contributed by atoms with Crippen molar-refractivity contribution in [3.8, 4) is 0 Å². The summed E-state index contributed by atoms with van der Waals surface area (Å²) in [5.74, 6) is 1.74. The van der Waals surface area contributed by atoms with Crippen LogP contribution in [0.15, 0.2) is 24.3 Å². The molecule has 0 spiro atoms. The lowest BCUT2D eigenvalue weighted by atomic mass is 9.78. The largest absolute Gasteiger partial charge is 0.399 e. The summed E-state index contributed by atoms with van der Waals surface area (Å²) in [5, 5.41) is 0. The van der Waals surface area contributed by atoms with Crippen molar-refractivity contribution in [1.29, 1.82) is 0 Å². The van der Waals surface area contributed by atoms with Gasteiger partial charge in [0, 0.05) is 48.9 Å². The summed E-state index contributed by atoms with van der Waals surface area (Å²) in [5.41, 5.74) is 21.9. The highest BCUT2D eigenvalue weighted by molar-refractivity contribution is 5.65. The predicted octanol–water partition coefficient (Wildman–Crippen LogP) is 5.22. The predicted molar refractivity (Wildman–Crippen MR) is 131 cm³/mol. The van der Waals surface area contributed by atoms with Gasteiger partial charge in [0.15, 0.2) is 0 Å². The minimum absolute atomic E-state index is 0.868. The van der Waals surface area contributed by atoms with Crippen LogP contribution < -0.4 is 21.3 Å². The van der Waals surface area contributed by atoms with Crippen LogP contribution >= 0.6 is 0 Å². The summed E-state index contributed by atoms with van der Waals surface area (Å²) in [4.78, 5) is 5.15. The Hall–Kier alpha value is -2.36. The molecule has 30 heavy (non-hydrogen) atoms. The van der Waals surface area contributed by atoms with E-state index in [2.05, 4.69) is 61.8 Å². The van der Waals surface area contributed by atoms with Crippen molar-refractivity contribution >= 4 is 22.7 Å². The van der Waals surface area contributed by atoms with Gasteiger partial charge in [-0.05, 0) is 112 Å². The molecule has 0 aliphatic carbocycles. The highest BCUT2D eigenvalue weighted by Gasteiger charge is 2.30. The fourth-order valence-electron chi connectivity index (χ4n) is 5.56. The van der Waals surface area contributed by atoms with Crippen LogP contribution in [0.2, 0.25) is 0 Å². The Balaban J connectivity index is 1.34. The lowest BCUT2D eigenvalue weighted by Crippen LogP contribution is -2.41. The molecule has 4 nitrogen and oxygen atoms in total. The van der Waals surface area contributed by atoms with E-state index >= 15 is 0 Å². The molecule has 162 valence electrons. The molecule has 0 aromatic heterocycles. The van der Waals surface area contributed by atoms with E-state index in [0.717, 1.165) is 23.2 Å². The lowest BCUT2D eigenvalue weighted by Gasteiger charge is -2.42. The minimum Gasteiger partial charge on any atom is -0.399 e. The van der Waals surface area contributed by atoms with Crippen LogP contribution in [0.3, 0.4) is 0 Å². The van der Waals surface area contributed by atoms with Crippen LogP contribution in [-0.2, 0) is 0 Å². The Morgan fingerprint density at radius 3 is 1.23 bits per heavy atom. The van der Waals surface area contributed by atoms with Gasteiger partial charge >= 0.3 is 0 Å². The second-order valence-electron chi connectivity index (χ2n) is 9.50. The topological polar surface area (TPSA) is 58.5 Å². The first-order valence-corrected chi connectivity index (χ1v) is 11.6. The van der Waals surface area contributed by atoms with E-state index in [-0.39, 0.29) is 0 Å². The fourth-order valence-corrected chi connectivity index (χ4v) is 5.56. The third kappa shape index (κ3) is 3.84. The number of hydrogen-bond donors (Lipinski definition) is 2. The van der Waals surface area contributed by atoms with Crippen LogP contribution in [0, 0.1) is 39.5 Å². The number of nitrogens with zero attached hydrogens (tertiary/aromatic N) is 2. The summed E-state index contributed by atoms with van der Waals surface area (Å²) in [6.07, 6.45) is 5.25. The van der Waals surface area contributed by atoms with Crippen molar-refractivity contribution in [2.45, 2.75) is 53.4 Å². The van der Waals surface area contributed by atoms with Gasteiger partial charge in [-0.3, -0.25) is 0 Å². The number of benzene rings is 2. The molecule has 4 N–H and O–H groups in total. The van der Waals surface area contributed by atoms with Crippen LogP contribution in [0.25, 0.3) is 0 Å². The monoisotopic (exact) mass is 406 g/mol. The molecule has 2 fully saturated rings. The van der Waals surface area contributed by atoms with Crippen molar-refractivity contribution in [3.63, 3.8) is 0 Å². The van der Waals surface area contributed by atoms with Crippen molar-refractivity contribution in [2.75, 3.05) is 47.4 Å². The zero-order valence-electron chi connectivity index (χ0n) is 19.2. The summed E-state index contributed by atoms with van der Waals surface area (Å²) in [7, 11) is 0. The molecule has 2 heterocycles. The van der Waals surface area contributed by atoms with Gasteiger partial charge in [0.05, 0.1) is 0 Å². The molecule has 0 amide bonds. The average Bonchev–Trinajstić information content (AvgIpc) is 2.77. The molecule has 4 heteroatoms. The molecule has 2 saturated heterocycles. The van der Waals surface area contributed by atoms with Crippen molar-refractivity contribution < 1.29 is 0 Å². The minimum atomic E-state index is 0.868. The van der Waals surface area contributed by atoms with Crippen LogP contribution in [0.1, 0.15) is 47.9 Å². The molecule has 4 rings (SSSR count). The van der Waals surface area contributed by atoms with E-state index in [9.17, 15) is 0 Å². The molecule has 0 unspecified atom stereocenters. The van der Waals surface area contributed by atoms with E-state index in [0.29, 0.717) is 0 Å². The molecule has 0 bridgehead atoms. The Morgan fingerprint density at radius 1 is 0.567 bits per heavy atom. The summed E-state index contributed by atoms with van der Waals surface area (Å²) >= 11 is 0. The average molecular weight is 407 g/mol. The van der Waals surface area contributed by atoms with Crippen LogP contribution in [-0.4, -0.2) is 26.2 Å². The Kier molecular flexibility index (Phi) is 5.86. The van der Waals surface area contributed by atoms with Crippen molar-refractivity contribution in [3.05, 3.63) is 46.5 Å². The number of nitrogens with two attached hydrogens (primary N) is 2. The lowest BCUT2D eigenvalue weighted by molar-refractivity contribution is 0.233. The third-order valence-electron chi connectivity index (χ3n) is 8.03. The standard InChI is InChI=1S/C26H38N4/c1-17-19(3)25(7-5-23(17)27)29-13-9-21(10-14-29)22-11-15-30(16-12-22)26-8-6-24(28)18(2)20(26)4/h5-8,21-22H,9-16,27-28H2,1-4H3. The Bertz CT molecular complexity index is 828. The SMILES string of the molecule is Cc1c(N)ccc(N2CCC(C3CCN(c4ccc(N)c(C)c4C)CC3)CC2)c1C. The summed E-state index contributed by atoms with van der Waals surface area (Å²) in [6, 6.07) is 8.57. The first kappa shape index (κ1) is 20.9. The number of piperidine rings is 2. The Morgan fingerprint density at radius 2 is 0.900 bits per heavy atom. The molecular formula is C26H38N4. The van der Waals surface area contributed by atoms with Gasteiger partial charge in [-0.2, -0.15) is 0 Å². The maximum Gasteiger partial charge on any atom is 0.0400 e. The van der Waals surface area contributed by atoms with Crippen LogP contribution in [0.5, 0.6) is 0 Å². The van der Waals surface area contributed by atoms with E-state index in [1.165, 1.54) is 85.5 Å². The third-order valence-corrected chi connectivity index (χ3v) is 8.03. The summed E-state index contributed by atoms with van der Waals surface area (Å²) in [6.45, 7) is 13.4. The highest BCUT2D eigenvalue weighted by atomic mass is 15.1. The second-order valence-corrected chi connectivity index (χ2v) is 9.50. The molecule has 2 aliphatic rings. The van der Waals surface area contributed by atoms with Gasteiger partial charge in [0.1, 0.15) is 0 Å². The van der Waals surface area contributed by atoms with Crippen molar-refractivity contribution in [1.82, 2.24) is 0 Å². The second kappa shape index (κ2) is 8.41. The molecule has 2 aliphatic heterocycles. The summed E-state index contributed by atoms with van der Waals surface area (Å²) < 4.78 is 0. The molecular weight excluding hydrogens is 368 g/mol. The normalized spacial score (nSPS) is 18.8. The van der Waals surface area contributed by atoms with Crippen LogP contribution in [0.4, 0.5) is 22.7 Å². The quantitative estimate of drug-likeness (QED) is 0.686. The van der Waals surface area contributed by atoms with Gasteiger partial charge in [0.2, 0.25) is 0 Å². The van der Waals surface area contributed by atoms with E-state index in [4.69, 9.17) is 11.5 Å². The Labute approximate surface area is 182 Å². The first-order valence-electron chi connectivity index (χ1n) is 11.6. The zero-order chi connectivity index (χ0) is 21.4. The number of nitrogen functional groups attached to an aromatic ring is 2. The van der Waals surface area contributed by atoms with E-state index in [1.807, 2.05) is 0 Å². The van der Waals surface area contributed by atoms with E-state index < -0.39 is 0 Å².